The third kappa shape index (κ3) is 4.13. The molecule has 2 N–H and O–H groups in total. The highest BCUT2D eigenvalue weighted by atomic mass is 15.5. The molecule has 0 spiro atoms. The average Bonchev–Trinajstić information content (AvgIpc) is 2.96. The molecule has 0 amide bonds. The second-order valence-electron chi connectivity index (χ2n) is 4.90. The first-order valence-electron chi connectivity index (χ1n) is 6.62. The van der Waals surface area contributed by atoms with Crippen molar-refractivity contribution < 1.29 is 0 Å². The predicted octanol–water partition coefficient (Wildman–Crippen LogP) is 0.624. The minimum Gasteiger partial charge on any atom is -0.312 e. The SMILES string of the molecule is Cc1cc(C)n(CC(C)NCCCc2nn[nH]n2)n1. The Kier molecular flexibility index (Phi) is 4.62. The van der Waals surface area contributed by atoms with Crippen LogP contribution in [0, 0.1) is 13.8 Å². The first-order valence-corrected chi connectivity index (χ1v) is 6.62. The second kappa shape index (κ2) is 6.42. The lowest BCUT2D eigenvalue weighted by Crippen LogP contribution is -2.32. The molecule has 2 aromatic heterocycles. The van der Waals surface area contributed by atoms with Crippen LogP contribution in [0.3, 0.4) is 0 Å². The minimum atomic E-state index is 0.392. The molecular formula is C12H21N7. The summed E-state index contributed by atoms with van der Waals surface area (Å²) in [5.41, 5.74) is 2.28. The Labute approximate surface area is 112 Å². The normalized spacial score (nSPS) is 12.8. The Morgan fingerprint density at radius 2 is 2.26 bits per heavy atom. The molecule has 0 aromatic carbocycles. The molecule has 2 heterocycles. The van der Waals surface area contributed by atoms with Gasteiger partial charge in [0.05, 0.1) is 12.2 Å². The first-order chi connectivity index (χ1) is 9.15. The predicted molar refractivity (Wildman–Crippen MR) is 71.7 cm³/mol. The van der Waals surface area contributed by atoms with Crippen LogP contribution in [0.5, 0.6) is 0 Å². The molecule has 0 aliphatic carbocycles. The van der Waals surface area contributed by atoms with Crippen LogP contribution in [0.1, 0.15) is 30.6 Å². The second-order valence-corrected chi connectivity index (χ2v) is 4.90. The fourth-order valence-electron chi connectivity index (χ4n) is 2.07. The summed E-state index contributed by atoms with van der Waals surface area (Å²) in [6, 6.07) is 2.49. The lowest BCUT2D eigenvalue weighted by atomic mass is 10.2. The van der Waals surface area contributed by atoms with Crippen molar-refractivity contribution >= 4 is 0 Å². The highest BCUT2D eigenvalue weighted by Crippen LogP contribution is 2.03. The van der Waals surface area contributed by atoms with E-state index in [-0.39, 0.29) is 0 Å². The Balaban J connectivity index is 1.67. The number of aromatic nitrogens is 6. The summed E-state index contributed by atoms with van der Waals surface area (Å²) in [6.07, 6.45) is 1.84. The fraction of sp³-hybridized carbons (Fsp3) is 0.667. The van der Waals surface area contributed by atoms with Gasteiger partial charge < -0.3 is 5.32 Å². The molecule has 2 aromatic rings. The van der Waals surface area contributed by atoms with Crippen LogP contribution in [0.25, 0.3) is 0 Å². The fourth-order valence-corrected chi connectivity index (χ4v) is 2.07. The molecule has 0 aliphatic heterocycles. The van der Waals surface area contributed by atoms with E-state index < -0.39 is 0 Å². The van der Waals surface area contributed by atoms with Crippen LogP contribution in [-0.4, -0.2) is 43.0 Å². The molecule has 7 heteroatoms. The highest BCUT2D eigenvalue weighted by molar-refractivity contribution is 5.06. The average molecular weight is 263 g/mol. The van der Waals surface area contributed by atoms with Crippen LogP contribution >= 0.6 is 0 Å². The summed E-state index contributed by atoms with van der Waals surface area (Å²) in [5.74, 6) is 0.771. The number of rotatable bonds is 7. The van der Waals surface area contributed by atoms with E-state index >= 15 is 0 Å². The molecule has 0 saturated carbocycles. The van der Waals surface area contributed by atoms with Gasteiger partial charge in [-0.1, -0.05) is 5.21 Å². The van der Waals surface area contributed by atoms with Crippen molar-refractivity contribution in [3.8, 4) is 0 Å². The minimum absolute atomic E-state index is 0.392. The van der Waals surface area contributed by atoms with E-state index in [0.29, 0.717) is 6.04 Å². The van der Waals surface area contributed by atoms with Gasteiger partial charge in [0.15, 0.2) is 5.82 Å². The monoisotopic (exact) mass is 263 g/mol. The summed E-state index contributed by atoms with van der Waals surface area (Å²) < 4.78 is 2.05. The van der Waals surface area contributed by atoms with Crippen molar-refractivity contribution in [2.75, 3.05) is 6.54 Å². The van der Waals surface area contributed by atoms with Gasteiger partial charge in [-0.2, -0.15) is 10.3 Å². The first kappa shape index (κ1) is 13.7. The third-order valence-corrected chi connectivity index (χ3v) is 3.01. The smallest absolute Gasteiger partial charge is 0.174 e. The number of H-pyrrole nitrogens is 1. The Morgan fingerprint density at radius 3 is 2.89 bits per heavy atom. The molecule has 7 nitrogen and oxygen atoms in total. The maximum atomic E-state index is 4.46. The standard InChI is InChI=1S/C12H21N7/c1-9-7-11(3)19(16-9)8-10(2)13-6-4-5-12-14-17-18-15-12/h7,10,13H,4-6,8H2,1-3H3,(H,14,15,17,18). The Bertz CT molecular complexity index is 488. The van der Waals surface area contributed by atoms with E-state index in [1.807, 2.05) is 11.6 Å². The zero-order valence-corrected chi connectivity index (χ0v) is 11.7. The molecule has 0 bridgehead atoms. The topological polar surface area (TPSA) is 84.3 Å². The van der Waals surface area contributed by atoms with E-state index in [2.05, 4.69) is 51.0 Å². The van der Waals surface area contributed by atoms with Gasteiger partial charge in [0.2, 0.25) is 0 Å². The van der Waals surface area contributed by atoms with Crippen LogP contribution in [-0.2, 0) is 13.0 Å². The summed E-state index contributed by atoms with van der Waals surface area (Å²) in [6.45, 7) is 8.11. The summed E-state index contributed by atoms with van der Waals surface area (Å²) in [7, 11) is 0. The molecule has 2 rings (SSSR count). The maximum Gasteiger partial charge on any atom is 0.174 e. The van der Waals surface area contributed by atoms with E-state index in [1.54, 1.807) is 0 Å². The number of aromatic amines is 1. The van der Waals surface area contributed by atoms with Crippen molar-refractivity contribution in [2.24, 2.45) is 0 Å². The van der Waals surface area contributed by atoms with Gasteiger partial charge in [0.1, 0.15) is 0 Å². The van der Waals surface area contributed by atoms with Crippen molar-refractivity contribution in [3.63, 3.8) is 0 Å². The van der Waals surface area contributed by atoms with Crippen LogP contribution in [0.4, 0.5) is 0 Å². The van der Waals surface area contributed by atoms with Crippen LogP contribution in [0.15, 0.2) is 6.07 Å². The quantitative estimate of drug-likeness (QED) is 0.716. The van der Waals surface area contributed by atoms with E-state index in [9.17, 15) is 0 Å². The number of nitrogens with one attached hydrogen (secondary N) is 2. The van der Waals surface area contributed by atoms with Gasteiger partial charge in [0.25, 0.3) is 0 Å². The van der Waals surface area contributed by atoms with E-state index in [0.717, 1.165) is 37.4 Å². The van der Waals surface area contributed by atoms with Crippen molar-refractivity contribution in [1.82, 2.24) is 35.7 Å². The van der Waals surface area contributed by atoms with Gasteiger partial charge in [-0.3, -0.25) is 4.68 Å². The molecule has 19 heavy (non-hydrogen) atoms. The number of aryl methyl sites for hydroxylation is 3. The zero-order valence-electron chi connectivity index (χ0n) is 11.7. The van der Waals surface area contributed by atoms with Crippen LogP contribution in [0.2, 0.25) is 0 Å². The Morgan fingerprint density at radius 1 is 1.42 bits per heavy atom. The molecule has 1 atom stereocenters. The van der Waals surface area contributed by atoms with Gasteiger partial charge in [-0.05, 0) is 39.8 Å². The van der Waals surface area contributed by atoms with Gasteiger partial charge in [0, 0.05) is 18.2 Å². The van der Waals surface area contributed by atoms with Gasteiger partial charge >= 0.3 is 0 Å². The summed E-state index contributed by atoms with van der Waals surface area (Å²) in [4.78, 5) is 0. The van der Waals surface area contributed by atoms with Crippen molar-refractivity contribution in [3.05, 3.63) is 23.3 Å². The third-order valence-electron chi connectivity index (χ3n) is 3.01. The van der Waals surface area contributed by atoms with Gasteiger partial charge in [-0.15, -0.1) is 10.2 Å². The number of nitrogens with zero attached hydrogens (tertiary/aromatic N) is 5. The number of hydrogen-bond acceptors (Lipinski definition) is 5. The number of hydrogen-bond donors (Lipinski definition) is 2. The molecule has 0 aliphatic rings. The van der Waals surface area contributed by atoms with Crippen molar-refractivity contribution in [2.45, 2.75) is 46.2 Å². The van der Waals surface area contributed by atoms with E-state index in [4.69, 9.17) is 0 Å². The summed E-state index contributed by atoms with van der Waals surface area (Å²) in [5, 5.41) is 21.8. The van der Waals surface area contributed by atoms with E-state index in [1.165, 1.54) is 5.69 Å². The van der Waals surface area contributed by atoms with Crippen LogP contribution < -0.4 is 5.32 Å². The number of tetrazole rings is 1. The maximum absolute atomic E-state index is 4.46. The zero-order chi connectivity index (χ0) is 13.7. The lowest BCUT2D eigenvalue weighted by Gasteiger charge is -2.14. The van der Waals surface area contributed by atoms with Crippen molar-refractivity contribution in [1.29, 1.82) is 0 Å². The van der Waals surface area contributed by atoms with Gasteiger partial charge in [-0.25, -0.2) is 0 Å². The highest BCUT2D eigenvalue weighted by Gasteiger charge is 2.06. The Hall–Kier alpha value is -1.76. The summed E-state index contributed by atoms with van der Waals surface area (Å²) >= 11 is 0. The molecule has 1 unspecified atom stereocenters. The molecule has 0 saturated heterocycles. The molecule has 0 radical (unpaired) electrons. The largest absolute Gasteiger partial charge is 0.312 e. The molecular weight excluding hydrogens is 242 g/mol. The molecule has 104 valence electrons. The lowest BCUT2D eigenvalue weighted by molar-refractivity contribution is 0.441. The molecule has 0 fully saturated rings.